The van der Waals surface area contributed by atoms with Crippen LogP contribution in [-0.4, -0.2) is 61.1 Å². The zero-order chi connectivity index (χ0) is 4.24. The van der Waals surface area contributed by atoms with Gasteiger partial charge in [-0.1, -0.05) is 0 Å². The third kappa shape index (κ3) is 104. The quantitative estimate of drug-likeness (QED) is 0.357. The summed E-state index contributed by atoms with van der Waals surface area (Å²) in [5, 5.41) is 0. The minimum absolute atomic E-state index is 0. The van der Waals surface area contributed by atoms with E-state index in [4.69, 9.17) is 0 Å². The van der Waals surface area contributed by atoms with E-state index in [1.165, 1.54) is 0 Å². The normalized spacial score (nSPS) is 13.1. The monoisotopic (exact) mass is 190 g/mol. The van der Waals surface area contributed by atoms with Crippen LogP contribution in [0, 0.1) is 0 Å². The van der Waals surface area contributed by atoms with Crippen LogP contribution in [-0.2, 0) is 25.9 Å². The molecule has 0 amide bonds. The maximum Gasteiger partial charge on any atom is 3.00 e. The SMILES string of the molecule is C1CO1.C1CO1.[Al+3].[Al+3].[O-2].[O-2].[O-2]. The van der Waals surface area contributed by atoms with Crippen molar-refractivity contribution in [1.82, 2.24) is 0 Å². The molecule has 0 aromatic rings. The molecule has 0 aromatic carbocycles. The van der Waals surface area contributed by atoms with Gasteiger partial charge in [-0.3, -0.25) is 0 Å². The summed E-state index contributed by atoms with van der Waals surface area (Å²) in [5.74, 6) is 0. The largest absolute Gasteiger partial charge is 3.00 e. The first-order chi connectivity index (χ1) is 3.00. The van der Waals surface area contributed by atoms with E-state index in [0.717, 1.165) is 26.4 Å². The Bertz CT molecular complexity index is 32.0. The second-order valence-corrected chi connectivity index (χ2v) is 1.22. The summed E-state index contributed by atoms with van der Waals surface area (Å²) < 4.78 is 9.00. The van der Waals surface area contributed by atoms with Gasteiger partial charge < -0.3 is 25.9 Å². The molecule has 0 bridgehead atoms. The zero-order valence-electron chi connectivity index (χ0n) is 6.02. The molecular weight excluding hydrogens is 182 g/mol. The molecule has 11 heavy (non-hydrogen) atoms. The fourth-order valence-electron chi connectivity index (χ4n) is 0. The predicted octanol–water partition coefficient (Wildman–Crippen LogP) is -1.08. The summed E-state index contributed by atoms with van der Waals surface area (Å²) in [6.07, 6.45) is 0. The van der Waals surface area contributed by atoms with Crippen LogP contribution in [0.15, 0.2) is 0 Å². The van der Waals surface area contributed by atoms with Gasteiger partial charge in [-0.05, 0) is 0 Å². The Morgan fingerprint density at radius 2 is 0.636 bits per heavy atom. The van der Waals surface area contributed by atoms with Gasteiger partial charge in [-0.15, -0.1) is 0 Å². The van der Waals surface area contributed by atoms with Gasteiger partial charge in [0.15, 0.2) is 0 Å². The summed E-state index contributed by atoms with van der Waals surface area (Å²) >= 11 is 0. The summed E-state index contributed by atoms with van der Waals surface area (Å²) in [6, 6.07) is 0. The van der Waals surface area contributed by atoms with Gasteiger partial charge in [0.1, 0.15) is 0 Å². The Hall–Kier alpha value is 0.865. The Balaban J connectivity index is -0.0000000150. The molecule has 0 atom stereocenters. The molecule has 2 aliphatic heterocycles. The van der Waals surface area contributed by atoms with Gasteiger partial charge in [0.2, 0.25) is 0 Å². The molecule has 0 aromatic heterocycles. The summed E-state index contributed by atoms with van der Waals surface area (Å²) in [6.45, 7) is 4.00. The van der Waals surface area contributed by atoms with E-state index >= 15 is 0 Å². The first-order valence-electron chi connectivity index (χ1n) is 2.15. The van der Waals surface area contributed by atoms with Crippen molar-refractivity contribution >= 4 is 34.7 Å². The van der Waals surface area contributed by atoms with Crippen molar-refractivity contribution in [1.29, 1.82) is 0 Å². The molecule has 0 aliphatic carbocycles. The van der Waals surface area contributed by atoms with E-state index in [0.29, 0.717) is 0 Å². The van der Waals surface area contributed by atoms with E-state index < -0.39 is 0 Å². The van der Waals surface area contributed by atoms with Crippen LogP contribution in [0.2, 0.25) is 0 Å². The van der Waals surface area contributed by atoms with E-state index in [-0.39, 0.29) is 51.2 Å². The van der Waals surface area contributed by atoms with Crippen molar-refractivity contribution in [2.75, 3.05) is 26.4 Å². The van der Waals surface area contributed by atoms with Crippen molar-refractivity contribution in [2.24, 2.45) is 0 Å². The minimum Gasteiger partial charge on any atom is -2.00 e. The average molecular weight is 190 g/mol. The average Bonchev–Trinajstić information content (AvgIpc) is 2.31. The molecule has 2 saturated heterocycles. The number of ether oxygens (including phenoxy) is 2. The van der Waals surface area contributed by atoms with Crippen molar-refractivity contribution in [3.05, 3.63) is 0 Å². The molecule has 5 nitrogen and oxygen atoms in total. The fourth-order valence-corrected chi connectivity index (χ4v) is 0. The van der Waals surface area contributed by atoms with Crippen LogP contribution in [0.4, 0.5) is 0 Å². The summed E-state index contributed by atoms with van der Waals surface area (Å²) in [4.78, 5) is 0. The van der Waals surface area contributed by atoms with Crippen LogP contribution >= 0.6 is 0 Å². The van der Waals surface area contributed by atoms with Crippen molar-refractivity contribution < 1.29 is 25.9 Å². The number of rotatable bonds is 0. The Morgan fingerprint density at radius 1 is 0.545 bits per heavy atom. The third-order valence-corrected chi connectivity index (χ3v) is 0.408. The maximum absolute atomic E-state index is 4.50. The van der Waals surface area contributed by atoms with E-state index in [1.54, 1.807) is 0 Å². The van der Waals surface area contributed by atoms with Gasteiger partial charge in [0.25, 0.3) is 0 Å². The minimum atomic E-state index is 0. The van der Waals surface area contributed by atoms with E-state index in [9.17, 15) is 0 Å². The zero-order valence-corrected chi connectivity index (χ0v) is 8.33. The Kier molecular flexibility index (Phi) is 60.6. The van der Waals surface area contributed by atoms with Crippen LogP contribution in [0.3, 0.4) is 0 Å². The fraction of sp³-hybridized carbons (Fsp3) is 1.00. The van der Waals surface area contributed by atoms with Crippen LogP contribution in [0.1, 0.15) is 0 Å². The summed E-state index contributed by atoms with van der Waals surface area (Å²) in [5.41, 5.74) is 0. The second kappa shape index (κ2) is 22.4. The van der Waals surface area contributed by atoms with Crippen LogP contribution in [0.25, 0.3) is 0 Å². The molecular formula is C4H8Al2O5. The summed E-state index contributed by atoms with van der Waals surface area (Å²) in [7, 11) is 0. The Labute approximate surface area is 87.2 Å². The standard InChI is InChI=1S/2C2H4O.2Al.3O/c2*1-2-3-1;;;;;/h2*1-2H2;;;;;/q;;2*+3;3*-2. The molecule has 0 saturated carbocycles. The molecule has 2 rings (SSSR count). The van der Waals surface area contributed by atoms with Crippen LogP contribution < -0.4 is 0 Å². The first-order valence-corrected chi connectivity index (χ1v) is 2.15. The van der Waals surface area contributed by atoms with Gasteiger partial charge in [-0.25, -0.2) is 0 Å². The molecule has 0 spiro atoms. The third-order valence-electron chi connectivity index (χ3n) is 0.408. The van der Waals surface area contributed by atoms with E-state index in [2.05, 4.69) is 9.47 Å². The molecule has 60 valence electrons. The second-order valence-electron chi connectivity index (χ2n) is 1.22. The van der Waals surface area contributed by atoms with Crippen LogP contribution in [0.5, 0.6) is 0 Å². The number of hydrogen-bond donors (Lipinski definition) is 0. The maximum atomic E-state index is 4.50. The Morgan fingerprint density at radius 3 is 0.636 bits per heavy atom. The molecule has 7 heteroatoms. The van der Waals surface area contributed by atoms with Crippen molar-refractivity contribution in [2.45, 2.75) is 0 Å². The predicted molar refractivity (Wildman–Crippen MR) is 35.2 cm³/mol. The van der Waals surface area contributed by atoms with Crippen molar-refractivity contribution in [3.63, 3.8) is 0 Å². The number of epoxide rings is 2. The molecule has 0 unspecified atom stereocenters. The van der Waals surface area contributed by atoms with Crippen molar-refractivity contribution in [3.8, 4) is 0 Å². The first kappa shape index (κ1) is 29.7. The van der Waals surface area contributed by atoms with Gasteiger partial charge in [-0.2, -0.15) is 0 Å². The molecule has 2 fully saturated rings. The molecule has 2 heterocycles. The topological polar surface area (TPSA) is 111 Å². The van der Waals surface area contributed by atoms with Gasteiger partial charge >= 0.3 is 34.7 Å². The molecule has 2 aliphatic rings. The number of hydrogen-bond acceptors (Lipinski definition) is 2. The molecule has 0 radical (unpaired) electrons. The molecule has 0 N–H and O–H groups in total. The van der Waals surface area contributed by atoms with E-state index in [1.807, 2.05) is 0 Å². The van der Waals surface area contributed by atoms with Gasteiger partial charge in [0.05, 0.1) is 26.4 Å². The van der Waals surface area contributed by atoms with Gasteiger partial charge in [0, 0.05) is 0 Å². The smallest absolute Gasteiger partial charge is 2.00 e.